The molecule has 2 atom stereocenters. The maximum atomic E-state index is 13.1. The van der Waals surface area contributed by atoms with Crippen LogP contribution in [0, 0.1) is 0 Å². The molecule has 6 nitrogen and oxygen atoms in total. The van der Waals surface area contributed by atoms with Gasteiger partial charge < -0.3 is 14.6 Å². The molecular weight excluding hydrogens is 372 g/mol. The summed E-state index contributed by atoms with van der Waals surface area (Å²) in [6, 6.07) is 0. The van der Waals surface area contributed by atoms with Crippen LogP contribution in [0.1, 0.15) is 66.7 Å². The van der Waals surface area contributed by atoms with Gasteiger partial charge in [0.15, 0.2) is 23.3 Å². The first-order valence-corrected chi connectivity index (χ1v) is 10.2. The van der Waals surface area contributed by atoms with Crippen molar-refractivity contribution >= 4 is 17.5 Å². The van der Waals surface area contributed by atoms with E-state index in [1.165, 1.54) is 0 Å². The van der Waals surface area contributed by atoms with E-state index in [4.69, 9.17) is 9.47 Å². The highest BCUT2D eigenvalue weighted by atomic mass is 16.6. The van der Waals surface area contributed by atoms with Gasteiger partial charge in [0.2, 0.25) is 0 Å². The Morgan fingerprint density at radius 2 is 1.97 bits per heavy atom. The molecule has 0 aromatic heterocycles. The van der Waals surface area contributed by atoms with E-state index >= 15 is 0 Å². The molecule has 0 spiro atoms. The number of carbonyl (C=O) groups is 3. The third-order valence-electron chi connectivity index (χ3n) is 5.03. The molecule has 0 aromatic carbocycles. The molecule has 1 heterocycles. The lowest BCUT2D eigenvalue weighted by Crippen LogP contribution is -2.38. The van der Waals surface area contributed by atoms with Crippen LogP contribution in [0.25, 0.3) is 0 Å². The van der Waals surface area contributed by atoms with Crippen molar-refractivity contribution in [2.45, 2.75) is 84.0 Å². The Bertz CT molecular complexity index is 765. The molecule has 1 aliphatic carbocycles. The lowest BCUT2D eigenvalue weighted by atomic mass is 9.79. The molecule has 1 N–H and O–H groups in total. The van der Waals surface area contributed by atoms with Crippen LogP contribution >= 0.6 is 0 Å². The highest BCUT2D eigenvalue weighted by Gasteiger charge is 2.68. The number of Topliss-reactive ketones (excluding diaryl/α,β-unsaturated/α-hetero) is 2. The molecule has 0 amide bonds. The van der Waals surface area contributed by atoms with Crippen molar-refractivity contribution in [3.05, 3.63) is 34.9 Å². The zero-order valence-electron chi connectivity index (χ0n) is 18.0. The summed E-state index contributed by atoms with van der Waals surface area (Å²) in [7, 11) is 0. The van der Waals surface area contributed by atoms with Crippen molar-refractivity contribution in [3.63, 3.8) is 0 Å². The van der Waals surface area contributed by atoms with Gasteiger partial charge in [-0.05, 0) is 40.5 Å². The number of aliphatic hydroxyl groups is 1. The van der Waals surface area contributed by atoms with Crippen LogP contribution in [-0.2, 0) is 23.9 Å². The summed E-state index contributed by atoms with van der Waals surface area (Å²) in [5.74, 6) is -1.14. The van der Waals surface area contributed by atoms with Gasteiger partial charge in [0.1, 0.15) is 5.60 Å². The molecule has 0 unspecified atom stereocenters. The fourth-order valence-electron chi connectivity index (χ4n) is 3.32. The number of fused-ring (bicyclic) bond motifs is 1. The summed E-state index contributed by atoms with van der Waals surface area (Å²) in [5, 5.41) is 9.62. The van der Waals surface area contributed by atoms with E-state index in [9.17, 15) is 19.5 Å². The van der Waals surface area contributed by atoms with Crippen LogP contribution in [0.4, 0.5) is 0 Å². The number of unbranched alkanes of at least 4 members (excludes halogenated alkanes) is 3. The van der Waals surface area contributed by atoms with Gasteiger partial charge in [-0.2, -0.15) is 0 Å². The first-order valence-electron chi connectivity index (χ1n) is 10.2. The largest absolute Gasteiger partial charge is 0.457 e. The lowest BCUT2D eigenvalue weighted by molar-refractivity contribution is -0.149. The summed E-state index contributed by atoms with van der Waals surface area (Å²) in [6.07, 6.45) is 8.29. The Balaban J connectivity index is 2.18. The van der Waals surface area contributed by atoms with Gasteiger partial charge in [-0.25, -0.2) is 4.79 Å². The minimum Gasteiger partial charge on any atom is -0.457 e. The average molecular weight is 405 g/mol. The SMILES string of the molecule is CCCCC/C=C/C1=C(CO)C(=O)[C@@H]2O[C@@]2(C/C=C(\C)C(=O)OC(C)(C)C)C1=O. The Hall–Kier alpha value is -2.05. The summed E-state index contributed by atoms with van der Waals surface area (Å²) in [4.78, 5) is 37.9. The van der Waals surface area contributed by atoms with Crippen LogP contribution in [0.3, 0.4) is 0 Å². The zero-order chi connectivity index (χ0) is 21.8. The quantitative estimate of drug-likeness (QED) is 0.274. The lowest BCUT2D eigenvalue weighted by Gasteiger charge is -2.20. The number of esters is 1. The van der Waals surface area contributed by atoms with Crippen LogP contribution in [0.5, 0.6) is 0 Å². The molecule has 1 fully saturated rings. The second-order valence-corrected chi connectivity index (χ2v) is 8.62. The van der Waals surface area contributed by atoms with Gasteiger partial charge in [-0.3, -0.25) is 9.59 Å². The van der Waals surface area contributed by atoms with E-state index in [2.05, 4.69) is 6.92 Å². The number of carbonyl (C=O) groups excluding carboxylic acids is 3. The monoisotopic (exact) mass is 404 g/mol. The van der Waals surface area contributed by atoms with E-state index in [1.54, 1.807) is 39.8 Å². The van der Waals surface area contributed by atoms with E-state index < -0.39 is 29.9 Å². The minimum atomic E-state index is -1.28. The van der Waals surface area contributed by atoms with Crippen molar-refractivity contribution in [3.8, 4) is 0 Å². The van der Waals surface area contributed by atoms with E-state index in [-0.39, 0.29) is 29.1 Å². The Kier molecular flexibility index (Phi) is 7.35. The van der Waals surface area contributed by atoms with Crippen LogP contribution in [0.15, 0.2) is 34.9 Å². The molecule has 1 saturated heterocycles. The highest BCUT2D eigenvalue weighted by Crippen LogP contribution is 2.48. The zero-order valence-corrected chi connectivity index (χ0v) is 18.0. The van der Waals surface area contributed by atoms with Gasteiger partial charge in [-0.15, -0.1) is 0 Å². The molecule has 1 aliphatic heterocycles. The van der Waals surface area contributed by atoms with E-state index in [0.29, 0.717) is 5.57 Å². The first-order chi connectivity index (χ1) is 13.6. The molecule has 0 radical (unpaired) electrons. The number of allylic oxidation sites excluding steroid dienone is 2. The number of rotatable bonds is 9. The molecular formula is C23H32O6. The maximum Gasteiger partial charge on any atom is 0.333 e. The van der Waals surface area contributed by atoms with Crippen molar-refractivity contribution in [2.75, 3.05) is 6.61 Å². The van der Waals surface area contributed by atoms with Gasteiger partial charge in [0.05, 0.1) is 6.61 Å². The maximum absolute atomic E-state index is 13.1. The number of epoxide rings is 1. The standard InChI is InChI=1S/C23H32O6/c1-6-7-8-9-10-11-16-17(14-24)18(25)20-23(28-20,19(16)26)13-12-15(2)21(27)29-22(3,4)5/h10-12,20,24H,6-9,13-14H2,1-5H3/b11-10+,15-12+/t20-,23-/m0/s1. The fourth-order valence-corrected chi connectivity index (χ4v) is 3.32. The van der Waals surface area contributed by atoms with Crippen LogP contribution < -0.4 is 0 Å². The summed E-state index contributed by atoms with van der Waals surface area (Å²) >= 11 is 0. The van der Waals surface area contributed by atoms with E-state index in [1.807, 2.05) is 6.08 Å². The topological polar surface area (TPSA) is 93.2 Å². The van der Waals surface area contributed by atoms with E-state index in [0.717, 1.165) is 25.7 Å². The van der Waals surface area contributed by atoms with Crippen molar-refractivity contribution in [2.24, 2.45) is 0 Å². The Morgan fingerprint density at radius 1 is 1.28 bits per heavy atom. The number of hydrogen-bond acceptors (Lipinski definition) is 6. The smallest absolute Gasteiger partial charge is 0.333 e. The Morgan fingerprint density at radius 3 is 2.55 bits per heavy atom. The second kappa shape index (κ2) is 9.18. The molecule has 6 heteroatoms. The minimum absolute atomic E-state index is 0.104. The number of ketones is 2. The van der Waals surface area contributed by atoms with Gasteiger partial charge in [0.25, 0.3) is 0 Å². The summed E-state index contributed by atoms with van der Waals surface area (Å²) in [5.41, 5.74) is -1.22. The third kappa shape index (κ3) is 5.31. The van der Waals surface area contributed by atoms with Gasteiger partial charge in [0, 0.05) is 23.1 Å². The second-order valence-electron chi connectivity index (χ2n) is 8.62. The Labute approximate surface area is 172 Å². The van der Waals surface area contributed by atoms with Gasteiger partial charge in [-0.1, -0.05) is 38.0 Å². The fraction of sp³-hybridized carbons (Fsp3) is 0.609. The molecule has 29 heavy (non-hydrogen) atoms. The van der Waals surface area contributed by atoms with Crippen molar-refractivity contribution < 1.29 is 29.0 Å². The number of ether oxygens (including phenoxy) is 2. The average Bonchev–Trinajstić information content (AvgIpc) is 3.38. The molecule has 2 aliphatic rings. The molecule has 0 aromatic rings. The van der Waals surface area contributed by atoms with Crippen LogP contribution in [-0.4, -0.2) is 46.6 Å². The predicted molar refractivity (Wildman–Crippen MR) is 109 cm³/mol. The normalized spacial score (nSPS) is 24.9. The van der Waals surface area contributed by atoms with Crippen LogP contribution in [0.2, 0.25) is 0 Å². The number of hydrogen-bond donors (Lipinski definition) is 1. The summed E-state index contributed by atoms with van der Waals surface area (Å²) in [6.45, 7) is 8.56. The molecule has 2 rings (SSSR count). The number of aliphatic hydroxyl groups excluding tert-OH is 1. The highest BCUT2D eigenvalue weighted by molar-refractivity contribution is 6.22. The molecule has 0 bridgehead atoms. The van der Waals surface area contributed by atoms with Gasteiger partial charge >= 0.3 is 5.97 Å². The summed E-state index contributed by atoms with van der Waals surface area (Å²) < 4.78 is 10.9. The molecule has 0 saturated carbocycles. The first kappa shape index (κ1) is 23.2. The third-order valence-corrected chi connectivity index (χ3v) is 5.03. The van der Waals surface area contributed by atoms with Crippen molar-refractivity contribution in [1.82, 2.24) is 0 Å². The predicted octanol–water partition coefficient (Wildman–Crippen LogP) is 3.38. The molecule has 160 valence electrons. The van der Waals surface area contributed by atoms with Crippen molar-refractivity contribution in [1.29, 1.82) is 0 Å².